The zero-order valence-corrected chi connectivity index (χ0v) is 19.1. The van der Waals surface area contributed by atoms with Gasteiger partial charge in [-0.3, -0.25) is 14.5 Å². The van der Waals surface area contributed by atoms with E-state index in [1.54, 1.807) is 12.1 Å². The van der Waals surface area contributed by atoms with Crippen molar-refractivity contribution in [2.24, 2.45) is 13.0 Å². The lowest BCUT2D eigenvalue weighted by atomic mass is 9.88. The number of benzene rings is 1. The van der Waals surface area contributed by atoms with Crippen LogP contribution in [0.5, 0.6) is 0 Å². The van der Waals surface area contributed by atoms with Crippen LogP contribution in [0.15, 0.2) is 41.0 Å². The van der Waals surface area contributed by atoms with Gasteiger partial charge in [0.2, 0.25) is 5.91 Å². The Morgan fingerprint density at radius 2 is 1.88 bits per heavy atom. The number of furan rings is 1. The number of imidazole rings is 1. The Kier molecular flexibility index (Phi) is 6.17. The molecule has 2 fully saturated rings. The average Bonchev–Trinajstić information content (AvgIpc) is 3.49. The summed E-state index contributed by atoms with van der Waals surface area (Å²) in [5.41, 5.74) is 2.55. The Bertz CT molecular complexity index is 1120. The normalized spacial score (nSPS) is 18.0. The van der Waals surface area contributed by atoms with Crippen molar-refractivity contribution in [3.8, 4) is 0 Å². The molecule has 1 aromatic carbocycles. The quantitative estimate of drug-likeness (QED) is 0.643. The maximum absolute atomic E-state index is 12.8. The highest BCUT2D eigenvalue weighted by atomic mass is 16.3. The molecule has 2 amide bonds. The van der Waals surface area contributed by atoms with E-state index >= 15 is 0 Å². The highest BCUT2D eigenvalue weighted by Gasteiger charge is 2.28. The minimum Gasteiger partial charge on any atom is -0.459 e. The van der Waals surface area contributed by atoms with Crippen LogP contribution < -0.4 is 5.32 Å². The van der Waals surface area contributed by atoms with Crippen LogP contribution in [0.4, 0.5) is 5.69 Å². The maximum Gasteiger partial charge on any atom is 0.291 e. The zero-order valence-electron chi connectivity index (χ0n) is 19.1. The van der Waals surface area contributed by atoms with Gasteiger partial charge in [0.1, 0.15) is 5.82 Å². The first-order valence-corrected chi connectivity index (χ1v) is 11.9. The molecule has 174 valence electrons. The van der Waals surface area contributed by atoms with Crippen LogP contribution in [-0.4, -0.2) is 57.3 Å². The summed E-state index contributed by atoms with van der Waals surface area (Å²) >= 11 is 0. The summed E-state index contributed by atoms with van der Waals surface area (Å²) in [6.07, 6.45) is 7.25. The minimum absolute atomic E-state index is 0.243. The number of nitrogens with zero attached hydrogens (tertiary/aromatic N) is 4. The summed E-state index contributed by atoms with van der Waals surface area (Å²) in [5.74, 6) is 1.58. The van der Waals surface area contributed by atoms with E-state index in [0.29, 0.717) is 11.6 Å². The average molecular weight is 450 g/mol. The van der Waals surface area contributed by atoms with E-state index in [2.05, 4.69) is 19.7 Å². The molecule has 2 aromatic heterocycles. The van der Waals surface area contributed by atoms with Gasteiger partial charge in [-0.1, -0.05) is 19.3 Å². The number of fused-ring (bicyclic) bond motifs is 1. The summed E-state index contributed by atoms with van der Waals surface area (Å²) in [5, 5.41) is 2.86. The van der Waals surface area contributed by atoms with Crippen molar-refractivity contribution in [3.05, 3.63) is 48.2 Å². The second-order valence-electron chi connectivity index (χ2n) is 9.16. The van der Waals surface area contributed by atoms with Gasteiger partial charge >= 0.3 is 0 Å². The first kappa shape index (κ1) is 21.7. The third-order valence-electron chi connectivity index (χ3n) is 6.98. The van der Waals surface area contributed by atoms with Crippen LogP contribution in [0.25, 0.3) is 11.0 Å². The topological polar surface area (TPSA) is 83.6 Å². The van der Waals surface area contributed by atoms with E-state index in [1.807, 2.05) is 25.2 Å². The lowest BCUT2D eigenvalue weighted by Crippen LogP contribution is -2.50. The Balaban J connectivity index is 1.21. The van der Waals surface area contributed by atoms with Gasteiger partial charge in [-0.05, 0) is 43.2 Å². The largest absolute Gasteiger partial charge is 0.459 e. The van der Waals surface area contributed by atoms with Crippen molar-refractivity contribution in [2.75, 3.05) is 31.5 Å². The molecule has 0 spiro atoms. The van der Waals surface area contributed by atoms with Crippen molar-refractivity contribution in [1.82, 2.24) is 19.4 Å². The Hall–Kier alpha value is -3.13. The molecule has 2 aliphatic rings. The Labute approximate surface area is 193 Å². The number of amides is 2. The van der Waals surface area contributed by atoms with Crippen LogP contribution in [0.1, 0.15) is 48.5 Å². The lowest BCUT2D eigenvalue weighted by molar-refractivity contribution is -0.138. The maximum atomic E-state index is 12.8. The number of hydrogen-bond donors (Lipinski definition) is 1. The molecule has 0 radical (unpaired) electrons. The highest BCUT2D eigenvalue weighted by Crippen LogP contribution is 2.26. The first-order valence-electron chi connectivity index (χ1n) is 11.9. The summed E-state index contributed by atoms with van der Waals surface area (Å²) in [4.78, 5) is 34.3. The molecule has 8 heteroatoms. The molecule has 3 heterocycles. The number of rotatable bonds is 5. The van der Waals surface area contributed by atoms with Gasteiger partial charge in [0, 0.05) is 44.8 Å². The van der Waals surface area contributed by atoms with Gasteiger partial charge in [-0.15, -0.1) is 0 Å². The number of nitrogens with one attached hydrogen (secondary N) is 1. The van der Waals surface area contributed by atoms with Gasteiger partial charge in [0.05, 0.1) is 23.8 Å². The predicted molar refractivity (Wildman–Crippen MR) is 126 cm³/mol. The molecular formula is C25H31N5O3. The van der Waals surface area contributed by atoms with Crippen molar-refractivity contribution in [2.45, 2.75) is 38.6 Å². The van der Waals surface area contributed by atoms with Crippen LogP contribution >= 0.6 is 0 Å². The van der Waals surface area contributed by atoms with E-state index in [-0.39, 0.29) is 17.6 Å². The molecular weight excluding hydrogens is 418 g/mol. The molecule has 1 aliphatic heterocycles. The second-order valence-corrected chi connectivity index (χ2v) is 9.16. The van der Waals surface area contributed by atoms with Crippen LogP contribution in [0, 0.1) is 5.92 Å². The fourth-order valence-corrected chi connectivity index (χ4v) is 5.00. The summed E-state index contributed by atoms with van der Waals surface area (Å²) in [6.45, 7) is 4.06. The standard InChI is InChI=1S/C25H31N5O3/c1-28-21-10-9-19(26-24(31)22-8-5-15-33-22)16-20(21)27-23(28)17-29-11-13-30(14-12-29)25(32)18-6-3-2-4-7-18/h5,8-10,15-16,18H,2-4,6-7,11-14,17H2,1H3,(H,26,31). The number of carbonyl (C=O) groups excluding carboxylic acids is 2. The molecule has 1 saturated carbocycles. The van der Waals surface area contributed by atoms with E-state index in [9.17, 15) is 9.59 Å². The number of hydrogen-bond acceptors (Lipinski definition) is 5. The molecule has 0 atom stereocenters. The summed E-state index contributed by atoms with van der Waals surface area (Å²) in [7, 11) is 2.02. The molecule has 3 aromatic rings. The van der Waals surface area contributed by atoms with E-state index in [1.165, 1.54) is 25.5 Å². The van der Waals surface area contributed by atoms with Crippen LogP contribution in [0.2, 0.25) is 0 Å². The van der Waals surface area contributed by atoms with Gasteiger partial charge in [0.25, 0.3) is 5.91 Å². The smallest absolute Gasteiger partial charge is 0.291 e. The Morgan fingerprint density at radius 3 is 2.61 bits per heavy atom. The number of carbonyl (C=O) groups is 2. The number of aryl methyl sites for hydroxylation is 1. The summed E-state index contributed by atoms with van der Waals surface area (Å²) in [6, 6.07) is 9.07. The third kappa shape index (κ3) is 4.66. The molecule has 5 rings (SSSR count). The SMILES string of the molecule is Cn1c(CN2CCN(C(=O)C3CCCCC3)CC2)nc2cc(NC(=O)c3ccco3)ccc21. The second kappa shape index (κ2) is 9.39. The van der Waals surface area contributed by atoms with Gasteiger partial charge in [-0.2, -0.15) is 0 Å². The molecule has 0 unspecified atom stereocenters. The van der Waals surface area contributed by atoms with E-state index in [4.69, 9.17) is 9.40 Å². The lowest BCUT2D eigenvalue weighted by Gasteiger charge is -2.37. The Morgan fingerprint density at radius 1 is 1.09 bits per heavy atom. The first-order chi connectivity index (χ1) is 16.1. The van der Waals surface area contributed by atoms with Crippen molar-refractivity contribution in [1.29, 1.82) is 0 Å². The van der Waals surface area contributed by atoms with Crippen molar-refractivity contribution >= 4 is 28.5 Å². The monoisotopic (exact) mass is 449 g/mol. The van der Waals surface area contributed by atoms with E-state index in [0.717, 1.165) is 62.4 Å². The van der Waals surface area contributed by atoms with Crippen LogP contribution in [-0.2, 0) is 18.4 Å². The summed E-state index contributed by atoms with van der Waals surface area (Å²) < 4.78 is 7.26. The molecule has 8 nitrogen and oxygen atoms in total. The number of aromatic nitrogens is 2. The van der Waals surface area contributed by atoms with Gasteiger partial charge in [0.15, 0.2) is 5.76 Å². The number of anilines is 1. The third-order valence-corrected chi connectivity index (χ3v) is 6.98. The molecule has 0 bridgehead atoms. The van der Waals surface area contributed by atoms with Crippen molar-refractivity contribution in [3.63, 3.8) is 0 Å². The van der Waals surface area contributed by atoms with Crippen molar-refractivity contribution < 1.29 is 14.0 Å². The molecule has 1 saturated heterocycles. The minimum atomic E-state index is -0.281. The molecule has 1 N–H and O–H groups in total. The van der Waals surface area contributed by atoms with Gasteiger partial charge < -0.3 is 19.2 Å². The molecule has 33 heavy (non-hydrogen) atoms. The predicted octanol–water partition coefficient (Wildman–Crippen LogP) is 3.64. The fraction of sp³-hybridized carbons (Fsp3) is 0.480. The number of piperazine rings is 1. The fourth-order valence-electron chi connectivity index (χ4n) is 5.00. The highest BCUT2D eigenvalue weighted by molar-refractivity contribution is 6.03. The van der Waals surface area contributed by atoms with E-state index < -0.39 is 0 Å². The van der Waals surface area contributed by atoms with Gasteiger partial charge in [-0.25, -0.2) is 4.98 Å². The zero-order chi connectivity index (χ0) is 22.8. The molecule has 1 aliphatic carbocycles. The van der Waals surface area contributed by atoms with Crippen LogP contribution in [0.3, 0.4) is 0 Å².